The summed E-state index contributed by atoms with van der Waals surface area (Å²) in [7, 11) is 1.99. The summed E-state index contributed by atoms with van der Waals surface area (Å²) in [4.78, 5) is 12.4. The van der Waals surface area contributed by atoms with Crippen molar-refractivity contribution in [1.29, 1.82) is 0 Å². The van der Waals surface area contributed by atoms with Gasteiger partial charge in [-0.25, -0.2) is 9.13 Å². The minimum atomic E-state index is -0.0185. The molecule has 5 heteroatoms. The van der Waals surface area contributed by atoms with E-state index in [1.807, 2.05) is 72.8 Å². The number of hydrogen-bond donors (Lipinski definition) is 1. The van der Waals surface area contributed by atoms with Crippen molar-refractivity contribution in [2.75, 3.05) is 5.32 Å². The summed E-state index contributed by atoms with van der Waals surface area (Å²) in [5.74, 6) is -0.0185. The van der Waals surface area contributed by atoms with Crippen molar-refractivity contribution in [3.8, 4) is 0 Å². The number of aromatic nitrogens is 2. The lowest BCUT2D eigenvalue weighted by atomic mass is 10.1. The number of nitrogens with one attached hydrogen (secondary N) is 1. The Morgan fingerprint density at radius 2 is 1.87 bits per heavy atom. The fraction of sp³-hybridized carbons (Fsp3) is 0.222. The van der Waals surface area contributed by atoms with E-state index >= 15 is 0 Å². The fourth-order valence-corrected chi connectivity index (χ4v) is 2.70. The van der Waals surface area contributed by atoms with Crippen LogP contribution in [0.1, 0.15) is 11.1 Å². The monoisotopic (exact) mass is 422 g/mol. The Balaban J connectivity index is 0.00000192. The molecule has 1 N–H and O–H groups in total. The molecule has 1 aromatic heterocycles. The maximum atomic E-state index is 12.4. The number of amides is 1. The first-order chi connectivity index (χ1) is 10.6. The third-order valence-corrected chi connectivity index (χ3v) is 4.08. The molecular weight excluding hydrogens is 401 g/mol. The van der Waals surface area contributed by atoms with Gasteiger partial charge in [0, 0.05) is 5.69 Å². The number of para-hydroxylation sites is 2. The third-order valence-electron chi connectivity index (χ3n) is 4.08. The minimum Gasteiger partial charge on any atom is -0.322 e. The number of aryl methyl sites for hydroxylation is 2. The highest BCUT2D eigenvalue weighted by molar-refractivity contribution is 14.0. The van der Waals surface area contributed by atoms with Gasteiger partial charge in [-0.2, -0.15) is 0 Å². The second kappa shape index (κ2) is 7.12. The summed E-state index contributed by atoms with van der Waals surface area (Å²) < 4.78 is 4.00. The number of halogens is 1. The highest BCUT2D eigenvalue weighted by Crippen LogP contribution is 2.18. The molecule has 3 aromatic rings. The van der Waals surface area contributed by atoms with Crippen LogP contribution >= 0.6 is 24.0 Å². The van der Waals surface area contributed by atoms with Crippen molar-refractivity contribution in [2.45, 2.75) is 20.4 Å². The summed E-state index contributed by atoms with van der Waals surface area (Å²) in [5.41, 5.74) is 5.34. The van der Waals surface area contributed by atoms with Crippen molar-refractivity contribution in [1.82, 2.24) is 4.57 Å². The molecule has 0 aliphatic carbocycles. The number of rotatable bonds is 3. The number of carbonyl (C=O) groups is 1. The van der Waals surface area contributed by atoms with Gasteiger partial charge in [-0.05, 0) is 43.2 Å². The maximum Gasteiger partial charge on any atom is 0.266 e. The molecule has 120 valence electrons. The molecule has 0 aliphatic rings. The second-order valence-corrected chi connectivity index (χ2v) is 5.64. The van der Waals surface area contributed by atoms with Crippen LogP contribution in [0.5, 0.6) is 0 Å². The van der Waals surface area contributed by atoms with Crippen LogP contribution in [0.2, 0.25) is 0 Å². The first kappa shape index (κ1) is 17.5. The van der Waals surface area contributed by atoms with E-state index in [4.69, 9.17) is 0 Å². The smallest absolute Gasteiger partial charge is 0.266 e. The van der Waals surface area contributed by atoms with Gasteiger partial charge < -0.3 is 5.32 Å². The van der Waals surface area contributed by atoms with Gasteiger partial charge in [-0.3, -0.25) is 4.79 Å². The molecule has 1 amide bonds. The molecule has 0 spiro atoms. The van der Waals surface area contributed by atoms with Crippen LogP contribution in [0, 0.1) is 13.8 Å². The molecule has 4 nitrogen and oxygen atoms in total. The number of nitrogens with zero attached hydrogens (tertiary/aromatic N) is 2. The Labute approximate surface area is 153 Å². The highest BCUT2D eigenvalue weighted by Gasteiger charge is 2.16. The average Bonchev–Trinajstić information content (AvgIpc) is 2.81. The molecule has 3 rings (SSSR count). The Morgan fingerprint density at radius 1 is 1.13 bits per heavy atom. The van der Waals surface area contributed by atoms with Crippen LogP contribution in [0.4, 0.5) is 5.69 Å². The number of carbonyl (C=O) groups excluding carboxylic acids is 1. The first-order valence-corrected chi connectivity index (χ1v) is 7.36. The summed E-state index contributed by atoms with van der Waals surface area (Å²) in [6.45, 7) is 4.37. The quantitative estimate of drug-likeness (QED) is 0.511. The second-order valence-electron chi connectivity index (χ2n) is 5.64. The van der Waals surface area contributed by atoms with Crippen molar-refractivity contribution >= 4 is 46.6 Å². The maximum absolute atomic E-state index is 12.4. The van der Waals surface area contributed by atoms with Gasteiger partial charge in [0.05, 0.1) is 7.05 Å². The molecule has 2 aromatic carbocycles. The van der Waals surface area contributed by atoms with Crippen LogP contribution in [0.3, 0.4) is 0 Å². The molecule has 0 aliphatic heterocycles. The lowest BCUT2D eigenvalue weighted by molar-refractivity contribution is -0.645. The predicted octanol–water partition coefficient (Wildman–Crippen LogP) is 3.34. The average molecular weight is 422 g/mol. The van der Waals surface area contributed by atoms with Gasteiger partial charge in [0.15, 0.2) is 17.6 Å². The fourth-order valence-electron chi connectivity index (χ4n) is 2.70. The van der Waals surface area contributed by atoms with E-state index in [-0.39, 0.29) is 29.9 Å². The van der Waals surface area contributed by atoms with Crippen LogP contribution in [-0.4, -0.2) is 10.5 Å². The third kappa shape index (κ3) is 3.55. The zero-order chi connectivity index (χ0) is 15.7. The first-order valence-electron chi connectivity index (χ1n) is 7.36. The van der Waals surface area contributed by atoms with Crippen LogP contribution in [0.25, 0.3) is 11.0 Å². The zero-order valence-electron chi connectivity index (χ0n) is 13.5. The van der Waals surface area contributed by atoms with Gasteiger partial charge in [0.2, 0.25) is 6.33 Å². The summed E-state index contributed by atoms with van der Waals surface area (Å²) in [6, 6.07) is 14.0. The van der Waals surface area contributed by atoms with E-state index in [0.717, 1.165) is 22.3 Å². The Kier molecular flexibility index (Phi) is 5.41. The Hall–Kier alpha value is -1.89. The standard InChI is InChI=1S/C18H19N3O.HI/c1-13-7-6-8-15(14(13)2)19-18(22)11-21-12-20(3)16-9-4-5-10-17(16)21;/h4-10,12H,11H2,1-3H3;1H/p+1. The molecule has 0 unspecified atom stereocenters. The van der Waals surface area contributed by atoms with Gasteiger partial charge >= 0.3 is 0 Å². The van der Waals surface area contributed by atoms with E-state index in [0.29, 0.717) is 6.54 Å². The molecule has 0 fully saturated rings. The molecule has 0 saturated heterocycles. The van der Waals surface area contributed by atoms with Crippen LogP contribution in [-0.2, 0) is 18.4 Å². The van der Waals surface area contributed by atoms with Crippen molar-refractivity contribution in [3.05, 3.63) is 59.9 Å². The molecule has 23 heavy (non-hydrogen) atoms. The molecular formula is C18H21IN3O+. The van der Waals surface area contributed by atoms with Crippen LogP contribution < -0.4 is 9.88 Å². The van der Waals surface area contributed by atoms with Gasteiger partial charge in [0.25, 0.3) is 5.91 Å². The summed E-state index contributed by atoms with van der Waals surface area (Å²) in [6.07, 6.45) is 1.95. The minimum absolute atomic E-state index is 0. The lowest BCUT2D eigenvalue weighted by Gasteiger charge is -2.09. The topological polar surface area (TPSA) is 37.9 Å². The van der Waals surface area contributed by atoms with Crippen molar-refractivity contribution < 1.29 is 9.36 Å². The van der Waals surface area contributed by atoms with Crippen LogP contribution in [0.15, 0.2) is 48.8 Å². The van der Waals surface area contributed by atoms with E-state index in [1.54, 1.807) is 0 Å². The lowest BCUT2D eigenvalue weighted by Crippen LogP contribution is -2.26. The summed E-state index contributed by atoms with van der Waals surface area (Å²) >= 11 is 0. The highest BCUT2D eigenvalue weighted by atomic mass is 127. The van der Waals surface area contributed by atoms with Gasteiger partial charge in [-0.15, -0.1) is 24.0 Å². The van der Waals surface area contributed by atoms with E-state index < -0.39 is 0 Å². The Bertz CT molecular complexity index is 855. The Morgan fingerprint density at radius 3 is 2.65 bits per heavy atom. The SMILES string of the molecule is Cc1cccc(NC(=O)Cn2c[n+](C)c3ccccc32)c1C.I. The molecule has 0 atom stereocenters. The molecule has 0 saturated carbocycles. The van der Waals surface area contributed by atoms with Crippen molar-refractivity contribution in [3.63, 3.8) is 0 Å². The van der Waals surface area contributed by atoms with E-state index in [1.165, 1.54) is 5.56 Å². The summed E-state index contributed by atoms with van der Waals surface area (Å²) in [5, 5.41) is 3.00. The van der Waals surface area contributed by atoms with E-state index in [9.17, 15) is 4.79 Å². The van der Waals surface area contributed by atoms with Gasteiger partial charge in [0.1, 0.15) is 0 Å². The molecule has 0 radical (unpaired) electrons. The number of benzene rings is 2. The number of imidazole rings is 1. The largest absolute Gasteiger partial charge is 0.322 e. The predicted molar refractivity (Wildman–Crippen MR) is 103 cm³/mol. The number of hydrogen-bond acceptors (Lipinski definition) is 1. The molecule has 0 bridgehead atoms. The molecule has 1 heterocycles. The van der Waals surface area contributed by atoms with E-state index in [2.05, 4.69) is 11.4 Å². The normalized spacial score (nSPS) is 10.4. The van der Waals surface area contributed by atoms with Crippen molar-refractivity contribution in [2.24, 2.45) is 7.05 Å². The number of fused-ring (bicyclic) bond motifs is 1. The zero-order valence-corrected chi connectivity index (χ0v) is 15.9. The van der Waals surface area contributed by atoms with Gasteiger partial charge in [-0.1, -0.05) is 24.3 Å². The number of anilines is 1.